The lowest BCUT2D eigenvalue weighted by Crippen LogP contribution is -2.41. The van der Waals surface area contributed by atoms with E-state index in [9.17, 15) is 4.79 Å². The number of nitrogens with one attached hydrogen (secondary N) is 1. The van der Waals surface area contributed by atoms with E-state index in [1.165, 1.54) is 12.8 Å². The van der Waals surface area contributed by atoms with Crippen molar-refractivity contribution in [2.45, 2.75) is 31.8 Å². The second-order valence-corrected chi connectivity index (χ2v) is 6.20. The predicted octanol–water partition coefficient (Wildman–Crippen LogP) is 2.86. The minimum absolute atomic E-state index is 0.121. The normalized spacial score (nSPS) is 17.2. The summed E-state index contributed by atoms with van der Waals surface area (Å²) in [7, 11) is 0. The average Bonchev–Trinajstić information content (AvgIpc) is 3.28. The lowest BCUT2D eigenvalue weighted by Gasteiger charge is -2.28. The van der Waals surface area contributed by atoms with Gasteiger partial charge in [0.05, 0.1) is 6.54 Å². The number of rotatable bonds is 2. The second kappa shape index (κ2) is 5.28. The van der Waals surface area contributed by atoms with Gasteiger partial charge in [-0.05, 0) is 37.1 Å². The molecular formula is C15H16ClN5O. The fraction of sp³-hybridized carbons (Fsp3) is 0.400. The Labute approximate surface area is 133 Å². The third-order valence-corrected chi connectivity index (χ3v) is 4.36. The van der Waals surface area contributed by atoms with Crippen LogP contribution in [0.2, 0.25) is 5.02 Å². The number of anilines is 1. The smallest absolute Gasteiger partial charge is 0.315 e. The fourth-order valence-corrected chi connectivity index (χ4v) is 2.86. The molecule has 1 aromatic heterocycles. The molecule has 0 bridgehead atoms. The quantitative estimate of drug-likeness (QED) is 0.926. The lowest BCUT2D eigenvalue weighted by molar-refractivity contribution is 0.195. The van der Waals surface area contributed by atoms with Crippen LogP contribution in [-0.4, -0.2) is 32.2 Å². The molecule has 2 amide bonds. The first-order valence-electron chi connectivity index (χ1n) is 7.44. The molecule has 1 saturated carbocycles. The van der Waals surface area contributed by atoms with Crippen molar-refractivity contribution in [1.82, 2.24) is 19.7 Å². The Morgan fingerprint density at radius 3 is 2.68 bits per heavy atom. The van der Waals surface area contributed by atoms with Crippen molar-refractivity contribution in [3.05, 3.63) is 40.9 Å². The molecule has 7 heteroatoms. The second-order valence-electron chi connectivity index (χ2n) is 5.76. The van der Waals surface area contributed by atoms with E-state index in [4.69, 9.17) is 11.6 Å². The van der Waals surface area contributed by atoms with Crippen LogP contribution < -0.4 is 5.32 Å². The molecule has 1 N–H and O–H groups in total. The van der Waals surface area contributed by atoms with Crippen molar-refractivity contribution in [3.8, 4) is 0 Å². The van der Waals surface area contributed by atoms with Crippen molar-refractivity contribution in [2.75, 3.05) is 11.9 Å². The first-order valence-corrected chi connectivity index (χ1v) is 7.82. The molecule has 0 spiro atoms. The maximum atomic E-state index is 12.3. The van der Waals surface area contributed by atoms with Crippen LogP contribution in [0.1, 0.15) is 30.4 Å². The number of aromatic nitrogens is 3. The highest BCUT2D eigenvalue weighted by Gasteiger charge is 2.32. The standard InChI is InChI=1S/C15H16ClN5O/c16-11-3-5-12(6-4-11)17-15(22)20-7-8-21-13(9-20)18-19-14(21)10-1-2-10/h3-6,10H,1-2,7-9H2,(H,17,22). The van der Waals surface area contributed by atoms with Crippen LogP contribution in [0.4, 0.5) is 10.5 Å². The molecule has 4 rings (SSSR count). The van der Waals surface area contributed by atoms with E-state index in [1.807, 2.05) is 0 Å². The Morgan fingerprint density at radius 2 is 1.95 bits per heavy atom. The van der Waals surface area contributed by atoms with Gasteiger partial charge in [0.2, 0.25) is 0 Å². The third kappa shape index (κ3) is 2.54. The monoisotopic (exact) mass is 317 g/mol. The summed E-state index contributed by atoms with van der Waals surface area (Å²) in [5.41, 5.74) is 0.736. The van der Waals surface area contributed by atoms with Gasteiger partial charge in [0.25, 0.3) is 0 Å². The Morgan fingerprint density at radius 1 is 1.18 bits per heavy atom. The van der Waals surface area contributed by atoms with Crippen LogP contribution in [-0.2, 0) is 13.1 Å². The topological polar surface area (TPSA) is 63.1 Å². The maximum Gasteiger partial charge on any atom is 0.322 e. The number of hydrogen-bond acceptors (Lipinski definition) is 3. The zero-order valence-corrected chi connectivity index (χ0v) is 12.8. The van der Waals surface area contributed by atoms with Crippen LogP contribution in [0.25, 0.3) is 0 Å². The number of halogens is 1. The minimum atomic E-state index is -0.121. The van der Waals surface area contributed by atoms with E-state index in [0.717, 1.165) is 23.9 Å². The number of urea groups is 1. The summed E-state index contributed by atoms with van der Waals surface area (Å²) in [6, 6.07) is 6.97. The number of hydrogen-bond donors (Lipinski definition) is 1. The number of nitrogens with zero attached hydrogens (tertiary/aromatic N) is 4. The number of amides is 2. The van der Waals surface area contributed by atoms with E-state index < -0.39 is 0 Å². The van der Waals surface area contributed by atoms with Crippen LogP contribution in [0, 0.1) is 0 Å². The zero-order chi connectivity index (χ0) is 15.1. The van der Waals surface area contributed by atoms with Crippen molar-refractivity contribution in [3.63, 3.8) is 0 Å². The Kier molecular flexibility index (Phi) is 3.26. The molecule has 0 radical (unpaired) electrons. The third-order valence-electron chi connectivity index (χ3n) is 4.11. The Hall–Kier alpha value is -2.08. The molecule has 2 aromatic rings. The van der Waals surface area contributed by atoms with Crippen molar-refractivity contribution in [1.29, 1.82) is 0 Å². The molecule has 114 valence electrons. The van der Waals surface area contributed by atoms with Crippen LogP contribution in [0.3, 0.4) is 0 Å². The summed E-state index contributed by atoms with van der Waals surface area (Å²) in [4.78, 5) is 14.1. The molecule has 1 aliphatic heterocycles. The molecule has 1 fully saturated rings. The molecule has 2 heterocycles. The molecule has 22 heavy (non-hydrogen) atoms. The summed E-state index contributed by atoms with van der Waals surface area (Å²) in [5.74, 6) is 2.54. The molecule has 0 saturated heterocycles. The Bertz CT molecular complexity index is 707. The summed E-state index contributed by atoms with van der Waals surface area (Å²) < 4.78 is 2.17. The Balaban J connectivity index is 1.45. The highest BCUT2D eigenvalue weighted by Crippen LogP contribution is 2.39. The van der Waals surface area contributed by atoms with Gasteiger partial charge in [-0.2, -0.15) is 0 Å². The molecule has 0 unspecified atom stereocenters. The van der Waals surface area contributed by atoms with Crippen LogP contribution in [0.15, 0.2) is 24.3 Å². The minimum Gasteiger partial charge on any atom is -0.315 e. The predicted molar refractivity (Wildman–Crippen MR) is 82.9 cm³/mol. The van der Waals surface area contributed by atoms with Crippen LogP contribution >= 0.6 is 11.6 Å². The molecular weight excluding hydrogens is 302 g/mol. The molecule has 6 nitrogen and oxygen atoms in total. The first kappa shape index (κ1) is 13.6. The summed E-state index contributed by atoms with van der Waals surface area (Å²) >= 11 is 5.84. The molecule has 1 aromatic carbocycles. The number of benzene rings is 1. The zero-order valence-electron chi connectivity index (χ0n) is 12.0. The first-order chi connectivity index (χ1) is 10.7. The van der Waals surface area contributed by atoms with E-state index >= 15 is 0 Å². The van der Waals surface area contributed by atoms with Gasteiger partial charge in [-0.3, -0.25) is 0 Å². The van der Waals surface area contributed by atoms with E-state index in [1.54, 1.807) is 29.2 Å². The van der Waals surface area contributed by atoms with Crippen LogP contribution in [0.5, 0.6) is 0 Å². The van der Waals surface area contributed by atoms with E-state index in [-0.39, 0.29) is 6.03 Å². The molecule has 0 atom stereocenters. The highest BCUT2D eigenvalue weighted by atomic mass is 35.5. The van der Waals surface area contributed by atoms with Gasteiger partial charge in [0, 0.05) is 29.7 Å². The SMILES string of the molecule is O=C(Nc1ccc(Cl)cc1)N1CCn2c(nnc2C2CC2)C1. The van der Waals surface area contributed by atoms with Gasteiger partial charge in [0.1, 0.15) is 5.82 Å². The number of fused-ring (bicyclic) bond motifs is 1. The van der Waals surface area contributed by atoms with E-state index in [2.05, 4.69) is 20.1 Å². The van der Waals surface area contributed by atoms with Crippen molar-refractivity contribution >= 4 is 23.3 Å². The van der Waals surface area contributed by atoms with Gasteiger partial charge in [0.15, 0.2) is 5.82 Å². The van der Waals surface area contributed by atoms with Gasteiger partial charge in [-0.25, -0.2) is 4.79 Å². The lowest BCUT2D eigenvalue weighted by atomic mass is 10.3. The van der Waals surface area contributed by atoms with Gasteiger partial charge in [-0.1, -0.05) is 11.6 Å². The average molecular weight is 318 g/mol. The molecule has 2 aliphatic rings. The summed E-state index contributed by atoms with van der Waals surface area (Å²) in [6.07, 6.45) is 2.41. The van der Waals surface area contributed by atoms with E-state index in [0.29, 0.717) is 24.0 Å². The van der Waals surface area contributed by atoms with Gasteiger partial charge < -0.3 is 14.8 Å². The number of carbonyl (C=O) groups is 1. The molecule has 1 aliphatic carbocycles. The highest BCUT2D eigenvalue weighted by molar-refractivity contribution is 6.30. The fourth-order valence-electron chi connectivity index (χ4n) is 2.73. The van der Waals surface area contributed by atoms with Crippen molar-refractivity contribution in [2.24, 2.45) is 0 Å². The largest absolute Gasteiger partial charge is 0.322 e. The van der Waals surface area contributed by atoms with Gasteiger partial charge in [-0.15, -0.1) is 10.2 Å². The van der Waals surface area contributed by atoms with Gasteiger partial charge >= 0.3 is 6.03 Å². The van der Waals surface area contributed by atoms with Crippen molar-refractivity contribution < 1.29 is 4.79 Å². The summed E-state index contributed by atoms with van der Waals surface area (Å²) in [5, 5.41) is 12.1. The summed E-state index contributed by atoms with van der Waals surface area (Å²) in [6.45, 7) is 1.94. The number of carbonyl (C=O) groups excluding carboxylic acids is 1. The maximum absolute atomic E-state index is 12.3.